The number of imidazole rings is 1. The lowest BCUT2D eigenvalue weighted by Gasteiger charge is -2.40. The monoisotopic (exact) mass is 371 g/mol. The highest BCUT2D eigenvalue weighted by Crippen LogP contribution is 2.37. The summed E-state index contributed by atoms with van der Waals surface area (Å²) in [5.74, 6) is 0.876. The maximum absolute atomic E-state index is 6.09. The van der Waals surface area contributed by atoms with E-state index in [2.05, 4.69) is 58.1 Å². The van der Waals surface area contributed by atoms with Crippen LogP contribution in [0.5, 0.6) is 0 Å². The Morgan fingerprint density at radius 3 is 2.61 bits per heavy atom. The first-order chi connectivity index (χ1) is 13.8. The van der Waals surface area contributed by atoms with Crippen LogP contribution >= 0.6 is 0 Å². The second kappa shape index (κ2) is 7.24. The van der Waals surface area contributed by atoms with E-state index in [1.54, 1.807) is 0 Å². The number of hydrogen-bond donors (Lipinski definition) is 1. The Hall–Kier alpha value is -2.92. The quantitative estimate of drug-likeness (QED) is 0.741. The third-order valence-corrected chi connectivity index (χ3v) is 5.75. The van der Waals surface area contributed by atoms with Crippen molar-refractivity contribution in [2.24, 2.45) is 10.7 Å². The second-order valence-corrected chi connectivity index (χ2v) is 7.51. The molecule has 1 atom stereocenters. The number of para-hydroxylation sites is 2. The Labute approximate surface area is 165 Å². The second-order valence-electron chi connectivity index (χ2n) is 7.51. The van der Waals surface area contributed by atoms with Crippen LogP contribution in [0.15, 0.2) is 70.9 Å². The van der Waals surface area contributed by atoms with Gasteiger partial charge in [-0.25, -0.2) is 9.98 Å². The van der Waals surface area contributed by atoms with Crippen molar-refractivity contribution in [3.05, 3.63) is 77.3 Å². The Bertz CT molecular complexity index is 1050. The maximum atomic E-state index is 6.09. The highest BCUT2D eigenvalue weighted by molar-refractivity contribution is 5.81. The number of nitrogens with zero attached hydrogens (tertiary/aromatic N) is 4. The van der Waals surface area contributed by atoms with Gasteiger partial charge in [-0.2, -0.15) is 0 Å². The van der Waals surface area contributed by atoms with Gasteiger partial charge in [0.15, 0.2) is 0 Å². The lowest BCUT2D eigenvalue weighted by Crippen LogP contribution is -2.36. The van der Waals surface area contributed by atoms with E-state index in [0.717, 1.165) is 36.2 Å². The molecule has 28 heavy (non-hydrogen) atoms. The van der Waals surface area contributed by atoms with Gasteiger partial charge in [0.05, 0.1) is 17.6 Å². The molecule has 3 aromatic rings. The average molecular weight is 371 g/mol. The summed E-state index contributed by atoms with van der Waals surface area (Å²) >= 11 is 0. The van der Waals surface area contributed by atoms with E-state index in [-0.39, 0.29) is 6.29 Å². The summed E-state index contributed by atoms with van der Waals surface area (Å²) in [5.41, 5.74) is 12.3. The van der Waals surface area contributed by atoms with Gasteiger partial charge in [0, 0.05) is 18.5 Å². The molecular formula is C23H25N5. The van der Waals surface area contributed by atoms with Crippen LogP contribution in [-0.2, 0) is 13.1 Å². The normalized spacial score (nSPS) is 19.3. The van der Waals surface area contributed by atoms with Crippen molar-refractivity contribution >= 4 is 17.2 Å². The third-order valence-electron chi connectivity index (χ3n) is 5.75. The van der Waals surface area contributed by atoms with Gasteiger partial charge in [0.25, 0.3) is 0 Å². The van der Waals surface area contributed by atoms with E-state index in [1.165, 1.54) is 29.7 Å². The van der Waals surface area contributed by atoms with Crippen molar-refractivity contribution in [2.75, 3.05) is 0 Å². The topological polar surface area (TPSA) is 59.4 Å². The number of allylic oxidation sites excluding steroid dienone is 2. The van der Waals surface area contributed by atoms with Crippen LogP contribution in [0.4, 0.5) is 0 Å². The number of nitrogens with two attached hydrogens (primary N) is 1. The molecular weight excluding hydrogens is 346 g/mol. The van der Waals surface area contributed by atoms with Crippen LogP contribution < -0.4 is 5.73 Å². The first-order valence-electron chi connectivity index (χ1n) is 10.1. The molecule has 142 valence electrons. The number of fused-ring (bicyclic) bond motifs is 1. The molecule has 0 radical (unpaired) electrons. The zero-order valence-corrected chi connectivity index (χ0v) is 16.0. The van der Waals surface area contributed by atoms with Crippen LogP contribution in [0.1, 0.15) is 43.4 Å². The van der Waals surface area contributed by atoms with Crippen molar-refractivity contribution < 1.29 is 0 Å². The van der Waals surface area contributed by atoms with Crippen LogP contribution in [-0.4, -0.2) is 20.7 Å². The molecule has 2 aliphatic rings. The molecule has 0 bridgehead atoms. The maximum Gasteiger partial charge on any atom is 0.204 e. The summed E-state index contributed by atoms with van der Waals surface area (Å²) in [6.45, 7) is 1.23. The Morgan fingerprint density at radius 2 is 1.75 bits per heavy atom. The van der Waals surface area contributed by atoms with Gasteiger partial charge in [-0.15, -0.1) is 0 Å². The fraction of sp³-hybridized carbons (Fsp3) is 0.304. The van der Waals surface area contributed by atoms with Gasteiger partial charge in [0.1, 0.15) is 5.82 Å². The van der Waals surface area contributed by atoms with E-state index in [0.29, 0.717) is 6.54 Å². The minimum absolute atomic E-state index is 0.150. The number of aromatic nitrogens is 2. The highest BCUT2D eigenvalue weighted by Gasteiger charge is 2.30. The van der Waals surface area contributed by atoms with E-state index >= 15 is 0 Å². The largest absolute Gasteiger partial charge is 0.332 e. The molecule has 0 spiro atoms. The van der Waals surface area contributed by atoms with Gasteiger partial charge >= 0.3 is 0 Å². The molecule has 2 N–H and O–H groups in total. The van der Waals surface area contributed by atoms with Crippen LogP contribution in [0.25, 0.3) is 11.0 Å². The number of aliphatic imine (C=N–C) groups is 1. The van der Waals surface area contributed by atoms with E-state index in [1.807, 2.05) is 12.1 Å². The molecule has 2 aromatic carbocycles. The van der Waals surface area contributed by atoms with E-state index < -0.39 is 0 Å². The zero-order valence-electron chi connectivity index (χ0n) is 16.0. The molecule has 2 heterocycles. The van der Waals surface area contributed by atoms with Gasteiger partial charge < -0.3 is 10.6 Å². The minimum atomic E-state index is -0.150. The average Bonchev–Trinajstić information content (AvgIpc) is 3.13. The number of rotatable bonds is 4. The van der Waals surface area contributed by atoms with Gasteiger partial charge in [0.2, 0.25) is 6.29 Å². The molecule has 1 aromatic heterocycles. The Balaban J connectivity index is 1.63. The summed E-state index contributed by atoms with van der Waals surface area (Å²) in [7, 11) is 0. The smallest absolute Gasteiger partial charge is 0.204 e. The number of hydrogen-bond acceptors (Lipinski definition) is 4. The van der Waals surface area contributed by atoms with Crippen LogP contribution in [0.2, 0.25) is 0 Å². The SMILES string of the molecule is NCc1nc2ccccc2n1C1N=CC2=C(CCCC2)N1Cc1ccccc1. The standard InChI is InChI=1S/C23H25N5/c24-14-22-26-19-11-5-7-13-21(19)28(22)23-25-15-18-10-4-6-12-20(18)27(23)16-17-8-2-1-3-9-17/h1-3,5,7-9,11,13,15,23H,4,6,10,12,14,16,24H2. The molecule has 5 heteroatoms. The van der Waals surface area contributed by atoms with Gasteiger partial charge in [-0.05, 0) is 49.0 Å². The molecule has 0 fully saturated rings. The molecule has 1 aliphatic heterocycles. The highest BCUT2D eigenvalue weighted by atomic mass is 15.4. The predicted octanol–water partition coefficient (Wildman–Crippen LogP) is 4.37. The first kappa shape index (κ1) is 17.2. The fourth-order valence-electron chi connectivity index (χ4n) is 4.42. The Kier molecular flexibility index (Phi) is 4.45. The summed E-state index contributed by atoms with van der Waals surface area (Å²) in [4.78, 5) is 12.2. The minimum Gasteiger partial charge on any atom is -0.332 e. The molecule has 0 saturated heterocycles. The van der Waals surface area contributed by atoms with Gasteiger partial charge in [-0.3, -0.25) is 4.57 Å². The summed E-state index contributed by atoms with van der Waals surface area (Å²) in [6.07, 6.45) is 6.65. The van der Waals surface area contributed by atoms with Crippen molar-refractivity contribution in [3.63, 3.8) is 0 Å². The summed E-state index contributed by atoms with van der Waals surface area (Å²) < 4.78 is 2.22. The van der Waals surface area contributed by atoms with E-state index in [4.69, 9.17) is 15.7 Å². The van der Waals surface area contributed by atoms with Crippen molar-refractivity contribution in [1.29, 1.82) is 0 Å². The van der Waals surface area contributed by atoms with Crippen molar-refractivity contribution in [1.82, 2.24) is 14.5 Å². The zero-order chi connectivity index (χ0) is 18.9. The van der Waals surface area contributed by atoms with E-state index in [9.17, 15) is 0 Å². The predicted molar refractivity (Wildman–Crippen MR) is 113 cm³/mol. The third kappa shape index (κ3) is 2.92. The molecule has 0 saturated carbocycles. The van der Waals surface area contributed by atoms with Crippen molar-refractivity contribution in [3.8, 4) is 0 Å². The molecule has 1 unspecified atom stereocenters. The lowest BCUT2D eigenvalue weighted by atomic mass is 9.94. The van der Waals surface area contributed by atoms with Crippen LogP contribution in [0, 0.1) is 0 Å². The molecule has 1 aliphatic carbocycles. The van der Waals surface area contributed by atoms with Crippen molar-refractivity contribution in [2.45, 2.75) is 45.1 Å². The fourth-order valence-corrected chi connectivity index (χ4v) is 4.42. The first-order valence-corrected chi connectivity index (χ1v) is 10.1. The molecule has 5 rings (SSSR count). The van der Waals surface area contributed by atoms with Gasteiger partial charge in [-0.1, -0.05) is 42.5 Å². The number of benzene rings is 2. The van der Waals surface area contributed by atoms with Crippen LogP contribution in [0.3, 0.4) is 0 Å². The summed E-state index contributed by atoms with van der Waals surface area (Å²) in [5, 5.41) is 0. The lowest BCUT2D eigenvalue weighted by molar-refractivity contribution is 0.170. The summed E-state index contributed by atoms with van der Waals surface area (Å²) in [6, 6.07) is 18.9. The molecule has 5 nitrogen and oxygen atoms in total. The Morgan fingerprint density at radius 1 is 0.964 bits per heavy atom. The molecule has 0 amide bonds.